The molecule has 3 rings (SSSR count). The Morgan fingerprint density at radius 1 is 1.04 bits per heavy atom. The topological polar surface area (TPSA) is 47.4 Å². The number of nitrogens with zero attached hydrogens (tertiary/aromatic N) is 3. The van der Waals surface area contributed by atoms with E-state index in [2.05, 4.69) is 0 Å². The van der Waals surface area contributed by atoms with Crippen molar-refractivity contribution in [2.75, 3.05) is 20.2 Å². The van der Waals surface area contributed by atoms with E-state index in [9.17, 15) is 4.79 Å². The van der Waals surface area contributed by atoms with Crippen molar-refractivity contribution in [3.05, 3.63) is 66.4 Å². The van der Waals surface area contributed by atoms with E-state index in [1.165, 1.54) is 0 Å². The summed E-state index contributed by atoms with van der Waals surface area (Å²) in [6.45, 7) is 5.26. The van der Waals surface area contributed by atoms with Gasteiger partial charge in [0.25, 0.3) is 5.91 Å². The van der Waals surface area contributed by atoms with Crippen LogP contribution in [-0.4, -0.2) is 40.8 Å². The number of carbonyl (C=O) groups is 1. The molecule has 0 aliphatic rings. The van der Waals surface area contributed by atoms with Crippen LogP contribution in [-0.2, 0) is 0 Å². The summed E-state index contributed by atoms with van der Waals surface area (Å²) in [6, 6.07) is 17.4. The number of rotatable bonds is 6. The van der Waals surface area contributed by atoms with Gasteiger partial charge in [0.1, 0.15) is 11.4 Å². The normalized spacial score (nSPS) is 10.6. The number of benzene rings is 2. The predicted octanol–water partition coefficient (Wildman–Crippen LogP) is 4.03. The minimum absolute atomic E-state index is 0.0295. The van der Waals surface area contributed by atoms with Gasteiger partial charge in [-0.2, -0.15) is 5.10 Å². The molecule has 5 heteroatoms. The molecule has 1 aromatic heterocycles. The van der Waals surface area contributed by atoms with Crippen LogP contribution in [0.4, 0.5) is 0 Å². The van der Waals surface area contributed by atoms with Crippen LogP contribution in [0.15, 0.2) is 60.8 Å². The van der Waals surface area contributed by atoms with Crippen LogP contribution in [0.3, 0.4) is 0 Å². The van der Waals surface area contributed by atoms with Gasteiger partial charge in [-0.25, -0.2) is 4.68 Å². The summed E-state index contributed by atoms with van der Waals surface area (Å²) in [6.07, 6.45) is 1.80. The van der Waals surface area contributed by atoms with E-state index in [-0.39, 0.29) is 5.91 Å². The minimum Gasteiger partial charge on any atom is -0.496 e. The van der Waals surface area contributed by atoms with Crippen LogP contribution < -0.4 is 4.74 Å². The molecule has 0 aliphatic carbocycles. The molecule has 0 atom stereocenters. The molecular weight excluding hydrogens is 326 g/mol. The Morgan fingerprint density at radius 3 is 2.35 bits per heavy atom. The maximum Gasteiger partial charge on any atom is 0.257 e. The highest BCUT2D eigenvalue weighted by Crippen LogP contribution is 2.32. The second kappa shape index (κ2) is 7.87. The molecule has 2 aromatic carbocycles. The van der Waals surface area contributed by atoms with Crippen molar-refractivity contribution in [1.29, 1.82) is 0 Å². The maximum absolute atomic E-state index is 13.1. The number of carbonyl (C=O) groups excluding carboxylic acids is 1. The fourth-order valence-corrected chi connectivity index (χ4v) is 2.96. The van der Waals surface area contributed by atoms with E-state index in [1.54, 1.807) is 22.9 Å². The summed E-state index contributed by atoms with van der Waals surface area (Å²) in [4.78, 5) is 14.9. The third-order valence-electron chi connectivity index (χ3n) is 4.38. The van der Waals surface area contributed by atoms with Crippen LogP contribution >= 0.6 is 0 Å². The molecular formula is C21H23N3O2. The van der Waals surface area contributed by atoms with Gasteiger partial charge in [0.2, 0.25) is 0 Å². The Balaban J connectivity index is 2.18. The summed E-state index contributed by atoms with van der Waals surface area (Å²) < 4.78 is 7.24. The van der Waals surface area contributed by atoms with E-state index in [4.69, 9.17) is 9.84 Å². The number of methoxy groups -OCH3 is 1. The van der Waals surface area contributed by atoms with Crippen molar-refractivity contribution < 1.29 is 9.53 Å². The average Bonchev–Trinajstić information content (AvgIpc) is 3.14. The highest BCUT2D eigenvalue weighted by molar-refractivity contribution is 6.00. The lowest BCUT2D eigenvalue weighted by atomic mass is 10.1. The maximum atomic E-state index is 13.1. The molecule has 0 saturated carbocycles. The largest absolute Gasteiger partial charge is 0.496 e. The van der Waals surface area contributed by atoms with E-state index in [0.717, 1.165) is 11.3 Å². The van der Waals surface area contributed by atoms with E-state index in [0.29, 0.717) is 30.1 Å². The van der Waals surface area contributed by atoms with Gasteiger partial charge in [-0.1, -0.05) is 30.3 Å². The van der Waals surface area contributed by atoms with E-state index >= 15 is 0 Å². The lowest BCUT2D eigenvalue weighted by molar-refractivity contribution is 0.0773. The molecule has 0 radical (unpaired) electrons. The van der Waals surface area contributed by atoms with Gasteiger partial charge in [0, 0.05) is 24.8 Å². The lowest BCUT2D eigenvalue weighted by Gasteiger charge is -2.18. The molecule has 0 spiro atoms. The second-order valence-electron chi connectivity index (χ2n) is 5.85. The van der Waals surface area contributed by atoms with Crippen molar-refractivity contribution in [3.8, 4) is 22.7 Å². The quantitative estimate of drug-likeness (QED) is 0.675. The Bertz CT molecular complexity index is 883. The van der Waals surface area contributed by atoms with Gasteiger partial charge in [-0.05, 0) is 38.1 Å². The summed E-state index contributed by atoms with van der Waals surface area (Å²) in [5.41, 5.74) is 2.91. The number of amides is 1. The predicted molar refractivity (Wildman–Crippen MR) is 103 cm³/mol. The van der Waals surface area contributed by atoms with Crippen LogP contribution in [0.5, 0.6) is 5.75 Å². The molecule has 0 N–H and O–H groups in total. The zero-order chi connectivity index (χ0) is 18.5. The Labute approximate surface area is 153 Å². The molecule has 3 aromatic rings. The SMILES string of the molecule is CCN(CC)C(=O)c1cn(-c2ccccc2)nc1-c1ccccc1OC. The van der Waals surface area contributed by atoms with Gasteiger partial charge in [-0.15, -0.1) is 0 Å². The molecule has 5 nitrogen and oxygen atoms in total. The number of ether oxygens (including phenoxy) is 1. The van der Waals surface area contributed by atoms with Crippen LogP contribution in [0.25, 0.3) is 16.9 Å². The Kier molecular flexibility index (Phi) is 5.37. The van der Waals surface area contributed by atoms with Crippen molar-refractivity contribution in [2.45, 2.75) is 13.8 Å². The Morgan fingerprint density at radius 2 is 1.69 bits per heavy atom. The third kappa shape index (κ3) is 3.33. The van der Waals surface area contributed by atoms with E-state index < -0.39 is 0 Å². The van der Waals surface area contributed by atoms with Gasteiger partial charge in [0.05, 0.1) is 18.4 Å². The summed E-state index contributed by atoms with van der Waals surface area (Å²) in [5, 5.41) is 4.72. The van der Waals surface area contributed by atoms with Gasteiger partial charge >= 0.3 is 0 Å². The Hall–Kier alpha value is -3.08. The van der Waals surface area contributed by atoms with Gasteiger partial charge in [0.15, 0.2) is 0 Å². The monoisotopic (exact) mass is 349 g/mol. The fraction of sp³-hybridized carbons (Fsp3) is 0.238. The first-order valence-corrected chi connectivity index (χ1v) is 8.77. The van der Waals surface area contributed by atoms with E-state index in [1.807, 2.05) is 68.4 Å². The molecule has 134 valence electrons. The van der Waals surface area contributed by atoms with Crippen LogP contribution in [0.1, 0.15) is 24.2 Å². The van der Waals surface area contributed by atoms with Crippen molar-refractivity contribution in [1.82, 2.24) is 14.7 Å². The number of para-hydroxylation sites is 2. The third-order valence-corrected chi connectivity index (χ3v) is 4.38. The molecule has 26 heavy (non-hydrogen) atoms. The summed E-state index contributed by atoms with van der Waals surface area (Å²) >= 11 is 0. The van der Waals surface area contributed by atoms with Crippen LogP contribution in [0.2, 0.25) is 0 Å². The highest BCUT2D eigenvalue weighted by Gasteiger charge is 2.23. The highest BCUT2D eigenvalue weighted by atomic mass is 16.5. The van der Waals surface area contributed by atoms with Gasteiger partial charge in [-0.3, -0.25) is 4.79 Å². The van der Waals surface area contributed by atoms with Gasteiger partial charge < -0.3 is 9.64 Å². The molecule has 1 heterocycles. The average molecular weight is 349 g/mol. The lowest BCUT2D eigenvalue weighted by Crippen LogP contribution is -2.30. The minimum atomic E-state index is -0.0295. The second-order valence-corrected chi connectivity index (χ2v) is 5.85. The molecule has 0 saturated heterocycles. The van der Waals surface area contributed by atoms with Crippen molar-refractivity contribution >= 4 is 5.91 Å². The number of aromatic nitrogens is 2. The standard InChI is InChI=1S/C21H23N3O2/c1-4-23(5-2)21(25)18-15-24(16-11-7-6-8-12-16)22-20(18)17-13-9-10-14-19(17)26-3/h6-15H,4-5H2,1-3H3. The molecule has 0 aliphatic heterocycles. The number of hydrogen-bond acceptors (Lipinski definition) is 3. The zero-order valence-corrected chi connectivity index (χ0v) is 15.3. The first kappa shape index (κ1) is 17.7. The summed E-state index contributed by atoms with van der Waals surface area (Å²) in [5.74, 6) is 0.664. The smallest absolute Gasteiger partial charge is 0.257 e. The molecule has 0 fully saturated rings. The van der Waals surface area contributed by atoms with Crippen molar-refractivity contribution in [3.63, 3.8) is 0 Å². The van der Waals surface area contributed by atoms with Crippen LogP contribution in [0, 0.1) is 0 Å². The first-order chi connectivity index (χ1) is 12.7. The fourth-order valence-electron chi connectivity index (χ4n) is 2.96. The number of hydrogen-bond donors (Lipinski definition) is 0. The zero-order valence-electron chi connectivity index (χ0n) is 15.3. The molecule has 0 bridgehead atoms. The molecule has 1 amide bonds. The molecule has 0 unspecified atom stereocenters. The van der Waals surface area contributed by atoms with Crippen molar-refractivity contribution in [2.24, 2.45) is 0 Å². The summed E-state index contributed by atoms with van der Waals surface area (Å²) in [7, 11) is 1.62. The first-order valence-electron chi connectivity index (χ1n) is 8.77.